The molecule has 0 atom stereocenters. The summed E-state index contributed by atoms with van der Waals surface area (Å²) in [6.45, 7) is 8.37. The molecule has 3 nitrogen and oxygen atoms in total. The fraction of sp³-hybridized carbons (Fsp3) is 0.176. The van der Waals surface area contributed by atoms with Crippen molar-refractivity contribution in [3.05, 3.63) is 109 Å². The standard InChI is InChI=1S/C34H30BNO2/c1-33(2)34(3,4)38-35(37-33)27-18-16-24-20-23(14-15-25(24)21-27)26-17-19-32-30(22-26)29-12-8-9-13-31(29)36(32)28-10-6-5-7-11-28/h5-22H,1-4H3. The third-order valence-corrected chi connectivity index (χ3v) is 8.41. The summed E-state index contributed by atoms with van der Waals surface area (Å²) in [5.41, 5.74) is 6.39. The van der Waals surface area contributed by atoms with Crippen molar-refractivity contribution in [2.75, 3.05) is 0 Å². The number of nitrogens with zero attached hydrogens (tertiary/aromatic N) is 1. The maximum Gasteiger partial charge on any atom is 0.494 e. The van der Waals surface area contributed by atoms with Crippen LogP contribution in [0.15, 0.2) is 109 Å². The first-order chi connectivity index (χ1) is 18.3. The Bertz CT molecular complexity index is 1820. The number of hydrogen-bond donors (Lipinski definition) is 0. The lowest BCUT2D eigenvalue weighted by molar-refractivity contribution is 0.00578. The Morgan fingerprint density at radius 2 is 1.16 bits per heavy atom. The third-order valence-electron chi connectivity index (χ3n) is 8.41. The highest BCUT2D eigenvalue weighted by Crippen LogP contribution is 2.37. The monoisotopic (exact) mass is 495 g/mol. The molecule has 0 spiro atoms. The summed E-state index contributed by atoms with van der Waals surface area (Å²) < 4.78 is 14.9. The van der Waals surface area contributed by atoms with E-state index in [9.17, 15) is 0 Å². The second kappa shape index (κ2) is 8.32. The maximum atomic E-state index is 6.28. The zero-order valence-corrected chi connectivity index (χ0v) is 22.2. The van der Waals surface area contributed by atoms with E-state index in [0.29, 0.717) is 0 Å². The van der Waals surface area contributed by atoms with Crippen molar-refractivity contribution in [2.45, 2.75) is 38.9 Å². The molecule has 1 aliphatic rings. The average Bonchev–Trinajstić information content (AvgIpc) is 3.37. The van der Waals surface area contributed by atoms with E-state index in [2.05, 4.69) is 141 Å². The Kier molecular flexibility index (Phi) is 5.10. The van der Waals surface area contributed by atoms with Gasteiger partial charge in [0, 0.05) is 16.5 Å². The van der Waals surface area contributed by atoms with Crippen LogP contribution in [0.25, 0.3) is 49.4 Å². The van der Waals surface area contributed by atoms with Crippen LogP contribution in [-0.4, -0.2) is 22.9 Å². The molecule has 1 aromatic heterocycles. The van der Waals surface area contributed by atoms with Crippen molar-refractivity contribution >= 4 is 45.2 Å². The molecular weight excluding hydrogens is 465 g/mol. The van der Waals surface area contributed by atoms with Gasteiger partial charge in [0.15, 0.2) is 0 Å². The lowest BCUT2D eigenvalue weighted by Gasteiger charge is -2.32. The van der Waals surface area contributed by atoms with E-state index in [1.54, 1.807) is 0 Å². The van der Waals surface area contributed by atoms with Crippen molar-refractivity contribution < 1.29 is 9.31 Å². The fourth-order valence-corrected chi connectivity index (χ4v) is 5.58. The van der Waals surface area contributed by atoms with E-state index in [0.717, 1.165) is 5.46 Å². The largest absolute Gasteiger partial charge is 0.494 e. The zero-order chi connectivity index (χ0) is 26.1. The molecule has 38 heavy (non-hydrogen) atoms. The van der Waals surface area contributed by atoms with Gasteiger partial charge >= 0.3 is 7.12 Å². The van der Waals surface area contributed by atoms with Crippen LogP contribution in [0.3, 0.4) is 0 Å². The number of rotatable bonds is 3. The highest BCUT2D eigenvalue weighted by atomic mass is 16.7. The summed E-state index contributed by atoms with van der Waals surface area (Å²) in [7, 11) is -0.353. The predicted octanol–water partition coefficient (Wildman–Crippen LogP) is 7.90. The summed E-state index contributed by atoms with van der Waals surface area (Å²) in [6.07, 6.45) is 0. The number of fused-ring (bicyclic) bond motifs is 4. The summed E-state index contributed by atoms with van der Waals surface area (Å²) in [5.74, 6) is 0. The topological polar surface area (TPSA) is 23.4 Å². The Hall–Kier alpha value is -3.86. The quantitative estimate of drug-likeness (QED) is 0.233. The first-order valence-electron chi connectivity index (χ1n) is 13.3. The van der Waals surface area contributed by atoms with Gasteiger partial charge in [-0.1, -0.05) is 72.8 Å². The molecule has 4 heteroatoms. The number of aromatic nitrogens is 1. The predicted molar refractivity (Wildman–Crippen MR) is 159 cm³/mol. The molecule has 7 rings (SSSR count). The minimum atomic E-state index is -0.353. The molecule has 0 radical (unpaired) electrons. The molecule has 0 aliphatic carbocycles. The molecule has 1 aliphatic heterocycles. The van der Waals surface area contributed by atoms with Gasteiger partial charge in [-0.15, -0.1) is 0 Å². The summed E-state index contributed by atoms with van der Waals surface area (Å²) in [6, 6.07) is 39.3. The molecule has 1 saturated heterocycles. The molecule has 6 aromatic rings. The highest BCUT2D eigenvalue weighted by Gasteiger charge is 2.51. The molecule has 0 bridgehead atoms. The molecule has 186 valence electrons. The van der Waals surface area contributed by atoms with Crippen molar-refractivity contribution in [3.8, 4) is 16.8 Å². The van der Waals surface area contributed by atoms with E-state index >= 15 is 0 Å². The fourth-order valence-electron chi connectivity index (χ4n) is 5.58. The van der Waals surface area contributed by atoms with Crippen LogP contribution in [0, 0.1) is 0 Å². The van der Waals surface area contributed by atoms with Crippen molar-refractivity contribution in [3.63, 3.8) is 0 Å². The van der Waals surface area contributed by atoms with Gasteiger partial charge in [0.05, 0.1) is 22.2 Å². The minimum Gasteiger partial charge on any atom is -0.399 e. The molecular formula is C34H30BNO2. The molecule has 1 fully saturated rings. The van der Waals surface area contributed by atoms with Crippen LogP contribution < -0.4 is 5.46 Å². The average molecular weight is 495 g/mol. The summed E-state index contributed by atoms with van der Waals surface area (Å²) >= 11 is 0. The molecule has 5 aromatic carbocycles. The van der Waals surface area contributed by atoms with Gasteiger partial charge in [-0.2, -0.15) is 0 Å². The Morgan fingerprint density at radius 1 is 0.553 bits per heavy atom. The van der Waals surface area contributed by atoms with Gasteiger partial charge in [-0.05, 0) is 91.5 Å². The van der Waals surface area contributed by atoms with E-state index in [4.69, 9.17) is 9.31 Å². The summed E-state index contributed by atoms with van der Waals surface area (Å²) in [4.78, 5) is 0. The Morgan fingerprint density at radius 3 is 1.95 bits per heavy atom. The zero-order valence-electron chi connectivity index (χ0n) is 22.2. The van der Waals surface area contributed by atoms with Crippen LogP contribution in [-0.2, 0) is 9.31 Å². The molecule has 2 heterocycles. The van der Waals surface area contributed by atoms with Gasteiger partial charge in [0.2, 0.25) is 0 Å². The van der Waals surface area contributed by atoms with E-state index < -0.39 is 0 Å². The lowest BCUT2D eigenvalue weighted by Crippen LogP contribution is -2.41. The second-order valence-electron chi connectivity index (χ2n) is 11.3. The normalized spacial score (nSPS) is 16.6. The van der Waals surface area contributed by atoms with E-state index in [1.165, 1.54) is 49.4 Å². The van der Waals surface area contributed by atoms with Crippen molar-refractivity contribution in [2.24, 2.45) is 0 Å². The van der Waals surface area contributed by atoms with E-state index in [1.807, 2.05) is 0 Å². The first kappa shape index (κ1) is 23.3. The first-order valence-corrected chi connectivity index (χ1v) is 13.3. The van der Waals surface area contributed by atoms with Gasteiger partial charge in [0.25, 0.3) is 0 Å². The third kappa shape index (κ3) is 3.59. The molecule has 0 saturated carbocycles. The maximum absolute atomic E-state index is 6.28. The Labute approximate surface area is 223 Å². The smallest absolute Gasteiger partial charge is 0.399 e. The lowest BCUT2D eigenvalue weighted by atomic mass is 9.78. The second-order valence-corrected chi connectivity index (χ2v) is 11.3. The van der Waals surface area contributed by atoms with Crippen molar-refractivity contribution in [1.29, 1.82) is 0 Å². The van der Waals surface area contributed by atoms with Crippen LogP contribution in [0.2, 0.25) is 0 Å². The number of benzene rings is 5. The SMILES string of the molecule is CC1(C)OB(c2ccc3cc(-c4ccc5c(c4)c4ccccc4n5-c4ccccc4)ccc3c2)OC1(C)C. The van der Waals surface area contributed by atoms with Crippen LogP contribution in [0.1, 0.15) is 27.7 Å². The number of para-hydroxylation sites is 2. The Balaban J connectivity index is 1.29. The van der Waals surface area contributed by atoms with Gasteiger partial charge in [-0.25, -0.2) is 0 Å². The number of hydrogen-bond acceptors (Lipinski definition) is 2. The van der Waals surface area contributed by atoms with E-state index in [-0.39, 0.29) is 18.3 Å². The van der Waals surface area contributed by atoms with Gasteiger partial charge < -0.3 is 13.9 Å². The van der Waals surface area contributed by atoms with Gasteiger partial charge in [0.1, 0.15) is 0 Å². The highest BCUT2D eigenvalue weighted by molar-refractivity contribution is 6.62. The van der Waals surface area contributed by atoms with Gasteiger partial charge in [-0.3, -0.25) is 0 Å². The molecule has 0 N–H and O–H groups in total. The van der Waals surface area contributed by atoms with Crippen LogP contribution >= 0.6 is 0 Å². The van der Waals surface area contributed by atoms with Crippen molar-refractivity contribution in [1.82, 2.24) is 4.57 Å². The van der Waals surface area contributed by atoms with Crippen LogP contribution in [0.4, 0.5) is 0 Å². The molecule has 0 unspecified atom stereocenters. The molecule has 0 amide bonds. The summed E-state index contributed by atoms with van der Waals surface area (Å²) in [5, 5.41) is 4.91. The minimum absolute atomic E-state index is 0.348. The van der Waals surface area contributed by atoms with Crippen LogP contribution in [0.5, 0.6) is 0 Å².